The maximum absolute atomic E-state index is 10.9. The second-order valence-electron chi connectivity index (χ2n) is 1.96. The van der Waals surface area contributed by atoms with Crippen LogP contribution in [0.25, 0.3) is 0 Å². The molecular formula is C5H4ClNO4S2. The van der Waals surface area contributed by atoms with Crippen LogP contribution in [-0.4, -0.2) is 25.9 Å². The average molecular weight is 242 g/mol. The van der Waals surface area contributed by atoms with Crippen molar-refractivity contribution in [3.8, 4) is 0 Å². The highest BCUT2D eigenvalue weighted by Crippen LogP contribution is 2.21. The van der Waals surface area contributed by atoms with E-state index in [4.69, 9.17) is 10.7 Å². The molecule has 13 heavy (non-hydrogen) atoms. The number of aromatic nitrogens is 1. The summed E-state index contributed by atoms with van der Waals surface area (Å²) in [6, 6.07) is 0. The number of esters is 1. The molecule has 72 valence electrons. The van der Waals surface area contributed by atoms with Gasteiger partial charge in [-0.15, -0.1) is 0 Å². The Balaban J connectivity index is 3.26. The molecule has 0 aliphatic rings. The molecule has 0 fully saturated rings. The monoisotopic (exact) mass is 241 g/mol. The van der Waals surface area contributed by atoms with Gasteiger partial charge < -0.3 is 4.74 Å². The van der Waals surface area contributed by atoms with E-state index in [0.29, 0.717) is 0 Å². The maximum Gasteiger partial charge on any atom is 0.359 e. The lowest BCUT2D eigenvalue weighted by Gasteiger charge is -1.95. The maximum atomic E-state index is 10.9. The van der Waals surface area contributed by atoms with Gasteiger partial charge in [-0.1, -0.05) is 0 Å². The smallest absolute Gasteiger partial charge is 0.359 e. The summed E-state index contributed by atoms with van der Waals surface area (Å²) >= 11 is 0.822. The van der Waals surface area contributed by atoms with Gasteiger partial charge in [0.25, 0.3) is 9.05 Å². The highest BCUT2D eigenvalue weighted by Gasteiger charge is 2.23. The van der Waals surface area contributed by atoms with Crippen molar-refractivity contribution in [1.29, 1.82) is 0 Å². The zero-order valence-electron chi connectivity index (χ0n) is 6.35. The molecule has 5 nitrogen and oxygen atoms in total. The minimum atomic E-state index is -3.93. The molecule has 0 amide bonds. The Bertz CT molecular complexity index is 423. The Labute approximate surface area is 82.9 Å². The van der Waals surface area contributed by atoms with Gasteiger partial charge in [0, 0.05) is 16.1 Å². The second-order valence-corrected chi connectivity index (χ2v) is 5.12. The highest BCUT2D eigenvalue weighted by molar-refractivity contribution is 8.13. The van der Waals surface area contributed by atoms with Crippen molar-refractivity contribution in [1.82, 2.24) is 4.37 Å². The summed E-state index contributed by atoms with van der Waals surface area (Å²) in [5.74, 6) is -0.819. The summed E-state index contributed by atoms with van der Waals surface area (Å²) in [5, 5.41) is 1.18. The van der Waals surface area contributed by atoms with E-state index in [2.05, 4.69) is 9.11 Å². The predicted molar refractivity (Wildman–Crippen MR) is 46.5 cm³/mol. The van der Waals surface area contributed by atoms with E-state index in [0.717, 1.165) is 18.6 Å². The van der Waals surface area contributed by atoms with Gasteiger partial charge >= 0.3 is 5.97 Å². The lowest BCUT2D eigenvalue weighted by molar-refractivity contribution is 0.0591. The van der Waals surface area contributed by atoms with E-state index in [1.807, 2.05) is 0 Å². The number of nitrogens with zero attached hydrogens (tertiary/aromatic N) is 1. The molecule has 1 aromatic heterocycles. The first-order chi connectivity index (χ1) is 5.96. The molecule has 1 aromatic rings. The summed E-state index contributed by atoms with van der Waals surface area (Å²) in [6.07, 6.45) is 0. The number of halogens is 1. The first-order valence-electron chi connectivity index (χ1n) is 2.94. The number of hydrogen-bond donors (Lipinski definition) is 0. The first kappa shape index (κ1) is 10.4. The van der Waals surface area contributed by atoms with Crippen LogP contribution in [0.5, 0.6) is 0 Å². The molecule has 0 radical (unpaired) electrons. The van der Waals surface area contributed by atoms with Crippen LogP contribution in [0.15, 0.2) is 10.3 Å². The predicted octanol–water partition coefficient (Wildman–Crippen LogP) is 0.857. The van der Waals surface area contributed by atoms with Crippen molar-refractivity contribution >= 4 is 37.2 Å². The van der Waals surface area contributed by atoms with Crippen LogP contribution in [-0.2, 0) is 13.8 Å². The number of rotatable bonds is 2. The van der Waals surface area contributed by atoms with E-state index in [1.165, 1.54) is 5.38 Å². The van der Waals surface area contributed by atoms with Crippen LogP contribution in [0.1, 0.15) is 10.5 Å². The minimum absolute atomic E-state index is 0.275. The van der Waals surface area contributed by atoms with Crippen molar-refractivity contribution in [2.45, 2.75) is 4.90 Å². The second kappa shape index (κ2) is 3.60. The third kappa shape index (κ3) is 2.17. The third-order valence-electron chi connectivity index (χ3n) is 1.18. The fraction of sp³-hybridized carbons (Fsp3) is 0.200. The molecule has 0 saturated carbocycles. The van der Waals surface area contributed by atoms with E-state index in [9.17, 15) is 13.2 Å². The van der Waals surface area contributed by atoms with Gasteiger partial charge in [-0.25, -0.2) is 13.2 Å². The molecule has 8 heteroatoms. The normalized spacial score (nSPS) is 11.2. The Morgan fingerprint density at radius 1 is 1.69 bits per heavy atom. The van der Waals surface area contributed by atoms with Crippen molar-refractivity contribution in [3.05, 3.63) is 11.1 Å². The summed E-state index contributed by atoms with van der Waals surface area (Å²) < 4.78 is 29.6. The molecular weight excluding hydrogens is 238 g/mol. The van der Waals surface area contributed by atoms with Crippen molar-refractivity contribution < 1.29 is 17.9 Å². The molecule has 0 unspecified atom stereocenters. The van der Waals surface area contributed by atoms with Crippen LogP contribution in [0.3, 0.4) is 0 Å². The quantitative estimate of drug-likeness (QED) is 0.567. The Kier molecular flexibility index (Phi) is 2.89. The number of hydrogen-bond acceptors (Lipinski definition) is 6. The Morgan fingerprint density at radius 3 is 2.77 bits per heavy atom. The summed E-state index contributed by atoms with van der Waals surface area (Å²) in [5.41, 5.74) is -0.275. The van der Waals surface area contributed by atoms with E-state index < -0.39 is 15.0 Å². The fourth-order valence-electron chi connectivity index (χ4n) is 0.635. The van der Waals surface area contributed by atoms with Gasteiger partial charge in [0.2, 0.25) is 0 Å². The zero-order chi connectivity index (χ0) is 10.1. The molecule has 0 spiro atoms. The van der Waals surface area contributed by atoms with Crippen molar-refractivity contribution in [3.63, 3.8) is 0 Å². The topological polar surface area (TPSA) is 73.3 Å². The first-order valence-corrected chi connectivity index (χ1v) is 6.08. The summed E-state index contributed by atoms with van der Waals surface area (Å²) in [7, 11) is 2.24. The number of carbonyl (C=O) groups is 1. The van der Waals surface area contributed by atoms with Crippen LogP contribution < -0.4 is 0 Å². The van der Waals surface area contributed by atoms with Crippen LogP contribution >= 0.6 is 22.2 Å². The van der Waals surface area contributed by atoms with Gasteiger partial charge in [-0.05, 0) is 11.5 Å². The fourth-order valence-corrected chi connectivity index (χ4v) is 2.73. The molecule has 1 heterocycles. The molecule has 0 bridgehead atoms. The SMILES string of the molecule is COC(=O)c1nscc1S(=O)(=O)Cl. The number of carbonyl (C=O) groups excluding carboxylic acids is 1. The average Bonchev–Trinajstić information content (AvgIpc) is 2.49. The lowest BCUT2D eigenvalue weighted by atomic mass is 10.4. The molecule has 0 saturated heterocycles. The van der Waals surface area contributed by atoms with Crippen LogP contribution in [0.4, 0.5) is 0 Å². The van der Waals surface area contributed by atoms with Crippen LogP contribution in [0, 0.1) is 0 Å². The molecule has 0 aromatic carbocycles. The van der Waals surface area contributed by atoms with E-state index >= 15 is 0 Å². The van der Waals surface area contributed by atoms with E-state index in [1.54, 1.807) is 0 Å². The Morgan fingerprint density at radius 2 is 2.31 bits per heavy atom. The highest BCUT2D eigenvalue weighted by atomic mass is 35.7. The minimum Gasteiger partial charge on any atom is -0.464 e. The largest absolute Gasteiger partial charge is 0.464 e. The molecule has 0 atom stereocenters. The summed E-state index contributed by atoms with van der Waals surface area (Å²) in [6.45, 7) is 0. The van der Waals surface area contributed by atoms with Gasteiger partial charge in [-0.3, -0.25) is 0 Å². The van der Waals surface area contributed by atoms with Gasteiger partial charge in [0.15, 0.2) is 5.69 Å². The Hall–Kier alpha value is -0.660. The molecule has 1 rings (SSSR count). The summed E-state index contributed by atoms with van der Waals surface area (Å²) in [4.78, 5) is 10.6. The van der Waals surface area contributed by atoms with Gasteiger partial charge in [0.1, 0.15) is 4.90 Å². The van der Waals surface area contributed by atoms with E-state index in [-0.39, 0.29) is 10.6 Å². The standard InChI is InChI=1S/C5H4ClNO4S2/c1-11-5(8)4-3(2-12-7-4)13(6,9)10/h2H,1H3. The van der Waals surface area contributed by atoms with Gasteiger partial charge in [0.05, 0.1) is 7.11 Å². The number of ether oxygens (including phenoxy) is 1. The van der Waals surface area contributed by atoms with Gasteiger partial charge in [-0.2, -0.15) is 4.37 Å². The lowest BCUT2D eigenvalue weighted by Crippen LogP contribution is -2.06. The zero-order valence-corrected chi connectivity index (χ0v) is 8.74. The molecule has 0 aliphatic heterocycles. The van der Waals surface area contributed by atoms with Crippen molar-refractivity contribution in [2.24, 2.45) is 0 Å². The number of methoxy groups -OCH3 is 1. The van der Waals surface area contributed by atoms with Crippen LogP contribution in [0.2, 0.25) is 0 Å². The third-order valence-corrected chi connectivity index (χ3v) is 3.29. The molecule has 0 aliphatic carbocycles. The van der Waals surface area contributed by atoms with Crippen molar-refractivity contribution in [2.75, 3.05) is 7.11 Å². The molecule has 0 N–H and O–H groups in total.